The first-order valence-electron chi connectivity index (χ1n) is 9.22. The molecule has 4 rings (SSSR count). The van der Waals surface area contributed by atoms with Gasteiger partial charge in [0.2, 0.25) is 0 Å². The van der Waals surface area contributed by atoms with Gasteiger partial charge >= 0.3 is 5.97 Å². The van der Waals surface area contributed by atoms with Crippen molar-refractivity contribution in [3.63, 3.8) is 0 Å². The molecule has 1 saturated heterocycles. The van der Waals surface area contributed by atoms with Gasteiger partial charge in [0.25, 0.3) is 11.8 Å². The van der Waals surface area contributed by atoms with Gasteiger partial charge in [-0.15, -0.1) is 11.3 Å². The molecule has 2 aliphatic rings. The third-order valence-electron chi connectivity index (χ3n) is 5.31. The Bertz CT molecular complexity index is 992. The number of hydrogen-bond donors (Lipinski definition) is 2. The highest BCUT2D eigenvalue weighted by atomic mass is 35.5. The first-order chi connectivity index (χ1) is 13.8. The van der Waals surface area contributed by atoms with Gasteiger partial charge in [0.05, 0.1) is 9.21 Å². The second-order valence-electron chi connectivity index (χ2n) is 7.48. The van der Waals surface area contributed by atoms with Crippen molar-refractivity contribution in [1.29, 1.82) is 0 Å². The van der Waals surface area contributed by atoms with Gasteiger partial charge in [0, 0.05) is 37.7 Å². The normalized spacial score (nSPS) is 21.2. The number of hydrogen-bond acceptors (Lipinski definition) is 5. The number of aliphatic carboxylic acids is 1. The molecule has 2 atom stereocenters. The molecule has 2 amide bonds. The zero-order chi connectivity index (χ0) is 20.7. The largest absolute Gasteiger partial charge is 0.480 e. The summed E-state index contributed by atoms with van der Waals surface area (Å²) in [7, 11) is 2.01. The fourth-order valence-corrected chi connectivity index (χ4v) is 4.90. The number of fused-ring (bicyclic) bond motifs is 1. The lowest BCUT2D eigenvalue weighted by molar-refractivity contribution is -0.141. The molecular formula is C20H20ClN3O4S. The van der Waals surface area contributed by atoms with Crippen molar-refractivity contribution in [3.8, 4) is 0 Å². The van der Waals surface area contributed by atoms with Crippen molar-refractivity contribution in [1.82, 2.24) is 15.1 Å². The standard InChI is InChI=1S/C20H20ClN3O4S/c1-23-8-12-3-2-11(6-13(12)9-23)19(26)24-10-14(7-15(24)20(27)28)22-18(25)16-4-5-17(21)29-16/h2-6,14-15H,7-10H2,1H3,(H,22,25)(H,27,28)/t14-,15+/m1/s1. The summed E-state index contributed by atoms with van der Waals surface area (Å²) < 4.78 is 0.504. The van der Waals surface area contributed by atoms with Crippen LogP contribution in [0.2, 0.25) is 4.34 Å². The lowest BCUT2D eigenvalue weighted by Crippen LogP contribution is -2.41. The highest BCUT2D eigenvalue weighted by Crippen LogP contribution is 2.27. The zero-order valence-electron chi connectivity index (χ0n) is 15.7. The maximum absolute atomic E-state index is 13.1. The second-order valence-corrected chi connectivity index (χ2v) is 9.19. The molecule has 2 aromatic rings. The number of carbonyl (C=O) groups excluding carboxylic acids is 2. The molecule has 7 nitrogen and oxygen atoms in total. The van der Waals surface area contributed by atoms with Crippen LogP contribution in [0.3, 0.4) is 0 Å². The van der Waals surface area contributed by atoms with Gasteiger partial charge in [-0.3, -0.25) is 14.5 Å². The maximum atomic E-state index is 13.1. The van der Waals surface area contributed by atoms with Crippen molar-refractivity contribution in [3.05, 3.63) is 56.2 Å². The van der Waals surface area contributed by atoms with Crippen LogP contribution in [0.5, 0.6) is 0 Å². The van der Waals surface area contributed by atoms with Gasteiger partial charge < -0.3 is 15.3 Å². The third kappa shape index (κ3) is 4.01. The number of nitrogens with zero attached hydrogens (tertiary/aromatic N) is 2. The molecule has 3 heterocycles. The zero-order valence-corrected chi connectivity index (χ0v) is 17.3. The van der Waals surface area contributed by atoms with Crippen molar-refractivity contribution in [2.24, 2.45) is 0 Å². The molecule has 1 aromatic carbocycles. The molecular weight excluding hydrogens is 414 g/mol. The number of likely N-dealkylation sites (tertiary alicyclic amines) is 1. The van der Waals surface area contributed by atoms with Crippen LogP contribution in [-0.4, -0.2) is 58.4 Å². The lowest BCUT2D eigenvalue weighted by Gasteiger charge is -2.21. The van der Waals surface area contributed by atoms with E-state index in [1.54, 1.807) is 18.2 Å². The fraction of sp³-hybridized carbons (Fsp3) is 0.350. The van der Waals surface area contributed by atoms with Crippen LogP contribution < -0.4 is 5.32 Å². The highest BCUT2D eigenvalue weighted by molar-refractivity contribution is 7.18. The number of rotatable bonds is 4. The molecule has 29 heavy (non-hydrogen) atoms. The van der Waals surface area contributed by atoms with Crippen LogP contribution in [0.15, 0.2) is 30.3 Å². The van der Waals surface area contributed by atoms with E-state index in [4.69, 9.17) is 11.6 Å². The average molecular weight is 434 g/mol. The summed E-state index contributed by atoms with van der Waals surface area (Å²) in [6.45, 7) is 1.75. The monoisotopic (exact) mass is 433 g/mol. The third-order valence-corrected chi connectivity index (χ3v) is 6.54. The second kappa shape index (κ2) is 7.78. The van der Waals surface area contributed by atoms with E-state index in [0.717, 1.165) is 30.0 Å². The van der Waals surface area contributed by atoms with E-state index in [0.29, 0.717) is 14.8 Å². The molecule has 0 saturated carbocycles. The van der Waals surface area contributed by atoms with Crippen molar-refractivity contribution >= 4 is 40.7 Å². The van der Waals surface area contributed by atoms with Crippen LogP contribution >= 0.6 is 22.9 Å². The minimum Gasteiger partial charge on any atom is -0.480 e. The Labute approximate surface area is 176 Å². The highest BCUT2D eigenvalue weighted by Gasteiger charge is 2.40. The average Bonchev–Trinajstić information content (AvgIpc) is 3.37. The number of thiophene rings is 1. The van der Waals surface area contributed by atoms with E-state index in [-0.39, 0.29) is 24.8 Å². The minimum atomic E-state index is -1.07. The van der Waals surface area contributed by atoms with Crippen LogP contribution in [-0.2, 0) is 17.9 Å². The fourth-order valence-electron chi connectivity index (χ4n) is 3.96. The Hall–Kier alpha value is -2.42. The topological polar surface area (TPSA) is 90.0 Å². The Balaban J connectivity index is 1.50. The van der Waals surface area contributed by atoms with Gasteiger partial charge in [-0.1, -0.05) is 17.7 Å². The van der Waals surface area contributed by atoms with Crippen molar-refractivity contribution < 1.29 is 19.5 Å². The van der Waals surface area contributed by atoms with Gasteiger partial charge in [0.15, 0.2) is 0 Å². The summed E-state index contributed by atoms with van der Waals surface area (Å²) >= 11 is 7.03. The smallest absolute Gasteiger partial charge is 0.326 e. The number of benzene rings is 1. The van der Waals surface area contributed by atoms with Gasteiger partial charge in [0.1, 0.15) is 6.04 Å². The first kappa shape index (κ1) is 19.9. The van der Waals surface area contributed by atoms with Gasteiger partial charge in [-0.25, -0.2) is 4.79 Å². The Morgan fingerprint density at radius 1 is 1.17 bits per heavy atom. The number of amides is 2. The van der Waals surface area contributed by atoms with Crippen LogP contribution in [0, 0.1) is 0 Å². The number of halogens is 1. The van der Waals surface area contributed by atoms with E-state index >= 15 is 0 Å². The van der Waals surface area contributed by atoms with E-state index < -0.39 is 18.1 Å². The molecule has 0 bridgehead atoms. The summed E-state index contributed by atoms with van der Waals surface area (Å²) in [6.07, 6.45) is 0.166. The number of carboxylic acid groups (broad SMARTS) is 1. The van der Waals surface area contributed by atoms with Gasteiger partial charge in [-0.05, 0) is 42.4 Å². The summed E-state index contributed by atoms with van der Waals surface area (Å²) in [5.74, 6) is -1.72. The molecule has 1 aromatic heterocycles. The predicted molar refractivity (Wildman–Crippen MR) is 109 cm³/mol. The van der Waals surface area contributed by atoms with E-state index in [9.17, 15) is 19.5 Å². The van der Waals surface area contributed by atoms with E-state index in [1.807, 2.05) is 19.2 Å². The number of nitrogens with one attached hydrogen (secondary N) is 1. The van der Waals surface area contributed by atoms with Crippen molar-refractivity contribution in [2.45, 2.75) is 31.6 Å². The SMILES string of the molecule is CN1Cc2ccc(C(=O)N3C[C@H](NC(=O)c4ccc(Cl)s4)C[C@H]3C(=O)O)cc2C1. The van der Waals surface area contributed by atoms with E-state index in [1.165, 1.54) is 10.5 Å². The first-order valence-corrected chi connectivity index (χ1v) is 10.4. The molecule has 0 spiro atoms. The molecule has 0 aliphatic carbocycles. The molecule has 0 radical (unpaired) electrons. The predicted octanol–water partition coefficient (Wildman–Crippen LogP) is 2.44. The Morgan fingerprint density at radius 2 is 1.93 bits per heavy atom. The van der Waals surface area contributed by atoms with Crippen LogP contribution in [0.1, 0.15) is 37.6 Å². The summed E-state index contributed by atoms with van der Waals surface area (Å²) in [5.41, 5.74) is 2.74. The maximum Gasteiger partial charge on any atom is 0.326 e. The van der Waals surface area contributed by atoms with Crippen LogP contribution in [0.25, 0.3) is 0 Å². The summed E-state index contributed by atoms with van der Waals surface area (Å²) in [6, 6.07) is 7.37. The molecule has 2 N–H and O–H groups in total. The molecule has 0 unspecified atom stereocenters. The van der Waals surface area contributed by atoms with E-state index in [2.05, 4.69) is 10.2 Å². The summed E-state index contributed by atoms with van der Waals surface area (Å²) in [5, 5.41) is 12.4. The quantitative estimate of drug-likeness (QED) is 0.773. The summed E-state index contributed by atoms with van der Waals surface area (Å²) in [4.78, 5) is 41.1. The van der Waals surface area contributed by atoms with Gasteiger partial charge in [-0.2, -0.15) is 0 Å². The molecule has 1 fully saturated rings. The minimum absolute atomic E-state index is 0.150. The molecule has 2 aliphatic heterocycles. The number of carboxylic acids is 1. The molecule has 9 heteroatoms. The Morgan fingerprint density at radius 3 is 2.62 bits per heavy atom. The Kier molecular flexibility index (Phi) is 5.33. The van der Waals surface area contributed by atoms with Crippen molar-refractivity contribution in [2.75, 3.05) is 13.6 Å². The lowest BCUT2D eigenvalue weighted by atomic mass is 10.1. The van der Waals surface area contributed by atoms with Crippen LogP contribution in [0.4, 0.5) is 0 Å². The molecule has 152 valence electrons. The number of carbonyl (C=O) groups is 3.